The Bertz CT molecular complexity index is 472. The molecule has 5 nitrogen and oxygen atoms in total. The average Bonchev–Trinajstić information content (AvgIpc) is 2.82. The molecule has 1 aliphatic rings. The van der Waals surface area contributed by atoms with Crippen molar-refractivity contribution in [2.24, 2.45) is 11.7 Å². The molecule has 2 rings (SSSR count). The van der Waals surface area contributed by atoms with Gasteiger partial charge < -0.3 is 15.1 Å². The lowest BCUT2D eigenvalue weighted by molar-refractivity contribution is -0.118. The second-order valence-corrected chi connectivity index (χ2v) is 5.24. The van der Waals surface area contributed by atoms with Crippen LogP contribution in [0.15, 0.2) is 16.5 Å². The minimum Gasteiger partial charge on any atom is -0.440 e. The Labute approximate surface area is 116 Å². The standard InChI is InChI=1S/C13H17ClN2O3/c14-11-5-4-10(19-11)13(18)16-7-1-2-9(8-16)3-6-12(15)17/h4-5,9H,1-3,6-8H2,(H2,15,17)/t9-/m1/s1. The van der Waals surface area contributed by atoms with E-state index in [-0.39, 0.29) is 22.8 Å². The van der Waals surface area contributed by atoms with Crippen LogP contribution in [0.4, 0.5) is 0 Å². The van der Waals surface area contributed by atoms with Crippen LogP contribution in [0.25, 0.3) is 0 Å². The van der Waals surface area contributed by atoms with Crippen LogP contribution in [0, 0.1) is 5.92 Å². The zero-order valence-electron chi connectivity index (χ0n) is 10.6. The number of primary amides is 1. The number of halogens is 1. The number of hydrogen-bond acceptors (Lipinski definition) is 3. The van der Waals surface area contributed by atoms with Crippen molar-refractivity contribution in [1.29, 1.82) is 0 Å². The third-order valence-corrected chi connectivity index (χ3v) is 3.59. The van der Waals surface area contributed by atoms with Crippen molar-refractivity contribution in [3.8, 4) is 0 Å². The number of amides is 2. The van der Waals surface area contributed by atoms with Crippen molar-refractivity contribution < 1.29 is 14.0 Å². The van der Waals surface area contributed by atoms with Gasteiger partial charge in [-0.1, -0.05) is 0 Å². The highest BCUT2D eigenvalue weighted by Crippen LogP contribution is 2.23. The third kappa shape index (κ3) is 3.73. The van der Waals surface area contributed by atoms with Crippen LogP contribution >= 0.6 is 11.6 Å². The van der Waals surface area contributed by atoms with Crippen LogP contribution in [-0.2, 0) is 4.79 Å². The Balaban J connectivity index is 1.93. The zero-order chi connectivity index (χ0) is 13.8. The molecule has 2 N–H and O–H groups in total. The van der Waals surface area contributed by atoms with Gasteiger partial charge in [0.25, 0.3) is 5.91 Å². The summed E-state index contributed by atoms with van der Waals surface area (Å²) in [7, 11) is 0. The van der Waals surface area contributed by atoms with E-state index in [1.54, 1.807) is 17.0 Å². The average molecular weight is 285 g/mol. The number of likely N-dealkylation sites (tertiary alicyclic amines) is 1. The second kappa shape index (κ2) is 6.10. The molecule has 0 unspecified atom stereocenters. The molecule has 0 bridgehead atoms. The van der Waals surface area contributed by atoms with E-state index in [4.69, 9.17) is 21.8 Å². The molecule has 6 heteroatoms. The molecule has 0 radical (unpaired) electrons. The number of carbonyl (C=O) groups excluding carboxylic acids is 2. The van der Waals surface area contributed by atoms with Gasteiger partial charge in [-0.2, -0.15) is 0 Å². The van der Waals surface area contributed by atoms with Crippen molar-refractivity contribution >= 4 is 23.4 Å². The van der Waals surface area contributed by atoms with Crippen molar-refractivity contribution in [2.45, 2.75) is 25.7 Å². The summed E-state index contributed by atoms with van der Waals surface area (Å²) in [6, 6.07) is 3.14. The number of rotatable bonds is 4. The highest BCUT2D eigenvalue weighted by molar-refractivity contribution is 6.29. The first kappa shape index (κ1) is 13.9. The normalized spacial score (nSPS) is 19.4. The summed E-state index contributed by atoms with van der Waals surface area (Å²) in [4.78, 5) is 24.7. The van der Waals surface area contributed by atoms with Gasteiger partial charge in [0.2, 0.25) is 5.91 Å². The maximum Gasteiger partial charge on any atom is 0.289 e. The van der Waals surface area contributed by atoms with Crippen molar-refractivity contribution in [3.63, 3.8) is 0 Å². The Hall–Kier alpha value is -1.49. The molecule has 1 atom stereocenters. The summed E-state index contributed by atoms with van der Waals surface area (Å²) >= 11 is 5.67. The minimum absolute atomic E-state index is 0.143. The van der Waals surface area contributed by atoms with E-state index >= 15 is 0 Å². The summed E-state index contributed by atoms with van der Waals surface area (Å²) in [5.74, 6) is 0.160. The van der Waals surface area contributed by atoms with Gasteiger partial charge in [0, 0.05) is 19.5 Å². The molecule has 0 aliphatic carbocycles. The van der Waals surface area contributed by atoms with Gasteiger partial charge in [-0.15, -0.1) is 0 Å². The van der Waals surface area contributed by atoms with Crippen LogP contribution in [0.2, 0.25) is 5.22 Å². The minimum atomic E-state index is -0.290. The van der Waals surface area contributed by atoms with Crippen LogP contribution in [0.1, 0.15) is 36.2 Å². The molecular formula is C13H17ClN2O3. The van der Waals surface area contributed by atoms with Gasteiger partial charge in [0.15, 0.2) is 11.0 Å². The molecule has 2 amide bonds. The first-order chi connectivity index (χ1) is 9.06. The van der Waals surface area contributed by atoms with E-state index in [2.05, 4.69) is 0 Å². The highest BCUT2D eigenvalue weighted by Gasteiger charge is 2.26. The Kier molecular flexibility index (Phi) is 4.47. The number of nitrogens with zero attached hydrogens (tertiary/aromatic N) is 1. The van der Waals surface area contributed by atoms with Gasteiger partial charge >= 0.3 is 0 Å². The second-order valence-electron chi connectivity index (χ2n) is 4.87. The maximum absolute atomic E-state index is 12.2. The number of hydrogen-bond donors (Lipinski definition) is 1. The molecular weight excluding hydrogens is 268 g/mol. The van der Waals surface area contributed by atoms with Crippen LogP contribution < -0.4 is 5.73 Å². The first-order valence-corrected chi connectivity index (χ1v) is 6.77. The predicted molar refractivity (Wildman–Crippen MR) is 70.8 cm³/mol. The largest absolute Gasteiger partial charge is 0.440 e. The molecule has 104 valence electrons. The molecule has 2 heterocycles. The SMILES string of the molecule is NC(=O)CC[C@H]1CCCN(C(=O)c2ccc(Cl)o2)C1. The van der Waals surface area contributed by atoms with Gasteiger partial charge in [-0.3, -0.25) is 9.59 Å². The van der Waals surface area contributed by atoms with Gasteiger partial charge in [-0.05, 0) is 48.9 Å². The molecule has 1 fully saturated rings. The van der Waals surface area contributed by atoms with E-state index in [0.717, 1.165) is 19.3 Å². The monoisotopic (exact) mass is 284 g/mol. The third-order valence-electron chi connectivity index (χ3n) is 3.39. The van der Waals surface area contributed by atoms with Crippen molar-refractivity contribution in [2.75, 3.05) is 13.1 Å². The fourth-order valence-electron chi connectivity index (χ4n) is 2.42. The lowest BCUT2D eigenvalue weighted by atomic mass is 9.93. The topological polar surface area (TPSA) is 76.5 Å². The zero-order valence-corrected chi connectivity index (χ0v) is 11.4. The molecule has 1 aromatic heterocycles. The van der Waals surface area contributed by atoms with E-state index in [9.17, 15) is 9.59 Å². The summed E-state index contributed by atoms with van der Waals surface area (Å²) in [6.07, 6.45) is 3.07. The summed E-state index contributed by atoms with van der Waals surface area (Å²) in [5, 5.41) is 0.214. The highest BCUT2D eigenvalue weighted by atomic mass is 35.5. The van der Waals surface area contributed by atoms with Crippen LogP contribution in [-0.4, -0.2) is 29.8 Å². The fraction of sp³-hybridized carbons (Fsp3) is 0.538. The van der Waals surface area contributed by atoms with Crippen molar-refractivity contribution in [3.05, 3.63) is 23.1 Å². The van der Waals surface area contributed by atoms with Gasteiger partial charge in [0.1, 0.15) is 0 Å². The lowest BCUT2D eigenvalue weighted by Gasteiger charge is -2.32. The Morgan fingerprint density at radius 1 is 1.47 bits per heavy atom. The van der Waals surface area contributed by atoms with E-state index in [1.165, 1.54) is 0 Å². The first-order valence-electron chi connectivity index (χ1n) is 6.39. The van der Waals surface area contributed by atoms with E-state index < -0.39 is 0 Å². The van der Waals surface area contributed by atoms with Gasteiger partial charge in [-0.25, -0.2) is 0 Å². The van der Waals surface area contributed by atoms with Crippen LogP contribution in [0.5, 0.6) is 0 Å². The number of nitrogens with two attached hydrogens (primary N) is 1. The molecule has 19 heavy (non-hydrogen) atoms. The molecule has 0 aromatic carbocycles. The number of furan rings is 1. The molecule has 1 saturated heterocycles. The number of carbonyl (C=O) groups is 2. The molecule has 1 aromatic rings. The summed E-state index contributed by atoms with van der Waals surface area (Å²) < 4.78 is 5.13. The summed E-state index contributed by atoms with van der Waals surface area (Å²) in [6.45, 7) is 1.36. The van der Waals surface area contributed by atoms with Crippen LogP contribution in [0.3, 0.4) is 0 Å². The van der Waals surface area contributed by atoms with E-state index in [0.29, 0.717) is 25.4 Å². The van der Waals surface area contributed by atoms with Gasteiger partial charge in [0.05, 0.1) is 0 Å². The Morgan fingerprint density at radius 2 is 2.26 bits per heavy atom. The quantitative estimate of drug-likeness (QED) is 0.919. The summed E-state index contributed by atoms with van der Waals surface area (Å²) in [5.41, 5.74) is 5.15. The van der Waals surface area contributed by atoms with E-state index in [1.807, 2.05) is 0 Å². The maximum atomic E-state index is 12.2. The molecule has 0 spiro atoms. The molecule has 0 saturated carbocycles. The molecule has 1 aliphatic heterocycles. The predicted octanol–water partition coefficient (Wildman–Crippen LogP) is 2.05. The fourth-order valence-corrected chi connectivity index (χ4v) is 2.56. The lowest BCUT2D eigenvalue weighted by Crippen LogP contribution is -2.40. The van der Waals surface area contributed by atoms with Crippen molar-refractivity contribution in [1.82, 2.24) is 4.90 Å². The smallest absolute Gasteiger partial charge is 0.289 e. The number of piperidine rings is 1. The Morgan fingerprint density at radius 3 is 2.89 bits per heavy atom.